The van der Waals surface area contributed by atoms with Crippen LogP contribution in [0.15, 0.2) is 24.5 Å². The fourth-order valence-electron chi connectivity index (χ4n) is 4.16. The Morgan fingerprint density at radius 3 is 2.67 bits per heavy atom. The Morgan fingerprint density at radius 1 is 1.21 bits per heavy atom. The Labute approximate surface area is 147 Å². The van der Waals surface area contributed by atoms with Gasteiger partial charge in [0.1, 0.15) is 0 Å². The van der Waals surface area contributed by atoms with Crippen molar-refractivity contribution in [3.63, 3.8) is 0 Å². The van der Waals surface area contributed by atoms with E-state index in [0.717, 1.165) is 23.8 Å². The zero-order chi connectivity index (χ0) is 16.9. The number of hydrogen-bond donors (Lipinski definition) is 1. The molecule has 0 saturated carbocycles. The highest BCUT2D eigenvalue weighted by Crippen LogP contribution is 2.50. The van der Waals surface area contributed by atoms with Crippen molar-refractivity contribution in [2.75, 3.05) is 5.32 Å². The van der Waals surface area contributed by atoms with Crippen LogP contribution in [0, 0.1) is 11.3 Å². The Balaban J connectivity index is 1.76. The summed E-state index contributed by atoms with van der Waals surface area (Å²) in [6, 6.07) is 4.11. The smallest absolute Gasteiger partial charge is 0.225 e. The van der Waals surface area contributed by atoms with Crippen molar-refractivity contribution in [1.29, 1.82) is 0 Å². The second kappa shape index (κ2) is 5.69. The summed E-state index contributed by atoms with van der Waals surface area (Å²) in [5.74, 6) is 1.04. The predicted octanol–water partition coefficient (Wildman–Crippen LogP) is 4.77. The maximum Gasteiger partial charge on any atom is 0.225 e. The number of carbonyl (C=O) groups is 1. The molecule has 3 nitrogen and oxygen atoms in total. The van der Waals surface area contributed by atoms with E-state index >= 15 is 0 Å². The van der Waals surface area contributed by atoms with Gasteiger partial charge in [0.15, 0.2) is 0 Å². The van der Waals surface area contributed by atoms with Crippen molar-refractivity contribution in [2.24, 2.45) is 11.3 Å². The molecule has 0 unspecified atom stereocenters. The van der Waals surface area contributed by atoms with Crippen molar-refractivity contribution in [3.05, 3.63) is 46.1 Å². The summed E-state index contributed by atoms with van der Waals surface area (Å²) < 4.78 is 0. The topological polar surface area (TPSA) is 42.0 Å². The maximum absolute atomic E-state index is 12.2. The van der Waals surface area contributed by atoms with Gasteiger partial charge in [0.2, 0.25) is 5.91 Å². The van der Waals surface area contributed by atoms with E-state index in [0.29, 0.717) is 11.8 Å². The minimum absolute atomic E-state index is 0.135. The van der Waals surface area contributed by atoms with Crippen LogP contribution < -0.4 is 5.32 Å². The molecule has 0 fully saturated rings. The van der Waals surface area contributed by atoms with E-state index in [9.17, 15) is 4.79 Å². The number of carbonyl (C=O) groups excluding carboxylic acids is 1. The highest BCUT2D eigenvalue weighted by molar-refractivity contribution is 7.16. The summed E-state index contributed by atoms with van der Waals surface area (Å²) in [6.07, 6.45) is 7.74. The molecule has 2 aromatic rings. The molecule has 24 heavy (non-hydrogen) atoms. The SMILES string of the molecule is CC(C)(C)[C@H]1CCc2c(sc3c2[C@@H](c2ccncc2)CC(=O)N3)C1. The zero-order valence-electron chi connectivity index (χ0n) is 14.6. The second-order valence-corrected chi connectivity index (χ2v) is 9.24. The summed E-state index contributed by atoms with van der Waals surface area (Å²) in [5.41, 5.74) is 4.45. The number of aromatic nitrogens is 1. The lowest BCUT2D eigenvalue weighted by Gasteiger charge is -2.34. The number of nitrogens with zero attached hydrogens (tertiary/aromatic N) is 1. The van der Waals surface area contributed by atoms with E-state index in [4.69, 9.17) is 0 Å². The lowest BCUT2D eigenvalue weighted by Crippen LogP contribution is -2.27. The molecule has 2 aliphatic rings. The van der Waals surface area contributed by atoms with Crippen LogP contribution in [-0.4, -0.2) is 10.9 Å². The molecule has 4 rings (SSSR count). The van der Waals surface area contributed by atoms with Crippen LogP contribution in [0.4, 0.5) is 5.00 Å². The fourth-order valence-corrected chi connectivity index (χ4v) is 5.56. The summed E-state index contributed by atoms with van der Waals surface area (Å²) in [6.45, 7) is 7.03. The molecule has 1 amide bonds. The van der Waals surface area contributed by atoms with Gasteiger partial charge in [-0.25, -0.2) is 0 Å². The van der Waals surface area contributed by atoms with E-state index in [-0.39, 0.29) is 11.8 Å². The number of amides is 1. The number of nitrogens with one attached hydrogen (secondary N) is 1. The van der Waals surface area contributed by atoms with Crippen molar-refractivity contribution in [1.82, 2.24) is 4.98 Å². The summed E-state index contributed by atoms with van der Waals surface area (Å²) >= 11 is 1.81. The van der Waals surface area contributed by atoms with Crippen LogP contribution in [0.3, 0.4) is 0 Å². The lowest BCUT2D eigenvalue weighted by atomic mass is 9.71. The second-order valence-electron chi connectivity index (χ2n) is 8.14. The number of anilines is 1. The van der Waals surface area contributed by atoms with Gasteiger partial charge in [-0.15, -0.1) is 11.3 Å². The van der Waals surface area contributed by atoms with Crippen molar-refractivity contribution >= 4 is 22.2 Å². The molecule has 0 bridgehead atoms. The summed E-state index contributed by atoms with van der Waals surface area (Å²) in [5, 5.41) is 4.22. The van der Waals surface area contributed by atoms with Crippen molar-refractivity contribution in [3.8, 4) is 0 Å². The minimum atomic E-state index is 0.135. The minimum Gasteiger partial charge on any atom is -0.317 e. The molecular formula is C20H24N2OS. The van der Waals surface area contributed by atoms with Crippen LogP contribution in [0.2, 0.25) is 0 Å². The summed E-state index contributed by atoms with van der Waals surface area (Å²) in [4.78, 5) is 17.8. The quantitative estimate of drug-likeness (QED) is 0.812. The van der Waals surface area contributed by atoms with Gasteiger partial charge in [-0.2, -0.15) is 0 Å². The average molecular weight is 340 g/mol. The van der Waals surface area contributed by atoms with Gasteiger partial charge in [0.25, 0.3) is 0 Å². The third-order valence-electron chi connectivity index (χ3n) is 5.63. The van der Waals surface area contributed by atoms with Gasteiger partial charge in [0.05, 0.1) is 5.00 Å². The van der Waals surface area contributed by atoms with E-state index in [1.54, 1.807) is 0 Å². The molecule has 1 N–H and O–H groups in total. The van der Waals surface area contributed by atoms with E-state index in [2.05, 4.69) is 43.2 Å². The number of hydrogen-bond acceptors (Lipinski definition) is 3. The first kappa shape index (κ1) is 15.8. The molecule has 1 aliphatic carbocycles. The lowest BCUT2D eigenvalue weighted by molar-refractivity contribution is -0.116. The van der Waals surface area contributed by atoms with Crippen LogP contribution >= 0.6 is 11.3 Å². The maximum atomic E-state index is 12.2. The Hall–Kier alpha value is -1.68. The number of thiophene rings is 1. The number of fused-ring (bicyclic) bond motifs is 3. The van der Waals surface area contributed by atoms with Crippen molar-refractivity contribution < 1.29 is 4.79 Å². The van der Waals surface area contributed by atoms with Gasteiger partial charge in [-0.1, -0.05) is 20.8 Å². The molecular weight excluding hydrogens is 316 g/mol. The molecule has 4 heteroatoms. The largest absolute Gasteiger partial charge is 0.317 e. The number of pyridine rings is 1. The Kier molecular flexibility index (Phi) is 3.75. The van der Waals surface area contributed by atoms with Crippen LogP contribution in [0.5, 0.6) is 0 Å². The molecule has 0 aromatic carbocycles. The van der Waals surface area contributed by atoms with Gasteiger partial charge >= 0.3 is 0 Å². The molecule has 0 spiro atoms. The molecule has 2 atom stereocenters. The summed E-state index contributed by atoms with van der Waals surface area (Å²) in [7, 11) is 0. The predicted molar refractivity (Wildman–Crippen MR) is 98.6 cm³/mol. The van der Waals surface area contributed by atoms with Gasteiger partial charge in [-0.3, -0.25) is 9.78 Å². The van der Waals surface area contributed by atoms with Gasteiger partial charge in [0, 0.05) is 29.6 Å². The van der Waals surface area contributed by atoms with E-state index < -0.39 is 0 Å². The van der Waals surface area contributed by atoms with E-state index in [1.807, 2.05) is 23.7 Å². The molecule has 1 aliphatic heterocycles. The molecule has 126 valence electrons. The number of rotatable bonds is 1. The van der Waals surface area contributed by atoms with Gasteiger partial charge < -0.3 is 5.32 Å². The highest BCUT2D eigenvalue weighted by Gasteiger charge is 2.37. The normalized spacial score (nSPS) is 23.4. The monoisotopic (exact) mass is 340 g/mol. The van der Waals surface area contributed by atoms with Crippen LogP contribution in [0.1, 0.15) is 61.1 Å². The van der Waals surface area contributed by atoms with Crippen LogP contribution in [0.25, 0.3) is 0 Å². The molecule has 0 saturated heterocycles. The molecule has 2 aromatic heterocycles. The molecule has 3 heterocycles. The Morgan fingerprint density at radius 2 is 1.96 bits per heavy atom. The first-order valence-electron chi connectivity index (χ1n) is 8.77. The van der Waals surface area contributed by atoms with E-state index in [1.165, 1.54) is 28.0 Å². The first-order valence-corrected chi connectivity index (χ1v) is 9.59. The van der Waals surface area contributed by atoms with Crippen LogP contribution in [-0.2, 0) is 17.6 Å². The highest BCUT2D eigenvalue weighted by atomic mass is 32.1. The standard InChI is InChI=1S/C20H24N2OS/c1-20(2,3)13-4-5-14-16(10-13)24-19-18(14)15(11-17(23)22-19)12-6-8-21-9-7-12/h6-9,13,15H,4-5,10-11H2,1-3H3,(H,22,23)/t13-,15+/m0/s1. The third-order valence-corrected chi connectivity index (χ3v) is 6.82. The third kappa shape index (κ3) is 2.67. The first-order chi connectivity index (χ1) is 11.4. The van der Waals surface area contributed by atoms with Crippen molar-refractivity contribution in [2.45, 2.75) is 52.4 Å². The van der Waals surface area contributed by atoms with Gasteiger partial charge in [-0.05, 0) is 59.4 Å². The average Bonchev–Trinajstić information content (AvgIpc) is 2.91. The molecule has 0 radical (unpaired) electrons. The zero-order valence-corrected chi connectivity index (χ0v) is 15.4. The Bertz CT molecular complexity index is 773. The fraction of sp³-hybridized carbons (Fsp3) is 0.500.